The monoisotopic (exact) mass is 444 g/mol. The summed E-state index contributed by atoms with van der Waals surface area (Å²) < 4.78 is 16.5. The molecule has 4 nitrogen and oxygen atoms in total. The molecule has 2 aliphatic rings. The number of carbonyl (C=O) groups excluding carboxylic acids is 1. The Labute approximate surface area is 196 Å². The van der Waals surface area contributed by atoms with E-state index in [-0.39, 0.29) is 12.3 Å². The predicted molar refractivity (Wildman–Crippen MR) is 129 cm³/mol. The summed E-state index contributed by atoms with van der Waals surface area (Å²) >= 11 is 0. The minimum Gasteiger partial charge on any atom is -0.467 e. The Kier molecular flexibility index (Phi) is 13.5. The molecule has 0 amide bonds. The maximum absolute atomic E-state index is 12.1. The Balaban J connectivity index is 1.66. The minimum atomic E-state index is -0.503. The third kappa shape index (κ3) is 10.4. The summed E-state index contributed by atoms with van der Waals surface area (Å²) in [4.78, 5) is 12.1. The molecule has 0 N–H and O–H groups in total. The van der Waals surface area contributed by atoms with E-state index in [2.05, 4.69) is 37.5 Å². The molecule has 1 saturated carbocycles. The van der Waals surface area contributed by atoms with E-state index in [0.29, 0.717) is 18.3 Å². The molecule has 1 heterocycles. The van der Waals surface area contributed by atoms with Crippen molar-refractivity contribution in [3.63, 3.8) is 0 Å². The van der Waals surface area contributed by atoms with E-state index >= 15 is 0 Å². The second kappa shape index (κ2) is 16.2. The number of ether oxygens (including phenoxy) is 3. The van der Waals surface area contributed by atoms with Crippen molar-refractivity contribution in [2.45, 2.75) is 116 Å². The third-order valence-electron chi connectivity index (χ3n) is 6.61. The lowest BCUT2D eigenvalue weighted by Crippen LogP contribution is -2.33. The van der Waals surface area contributed by atoms with E-state index in [1.54, 1.807) is 0 Å². The van der Waals surface area contributed by atoms with Crippen LogP contribution in [0.2, 0.25) is 0 Å². The number of esters is 1. The maximum atomic E-state index is 12.1. The summed E-state index contributed by atoms with van der Waals surface area (Å²) in [6, 6.07) is 0. The van der Waals surface area contributed by atoms with Crippen LogP contribution in [-0.4, -0.2) is 32.1 Å². The number of hydrogen-bond acceptors (Lipinski definition) is 4. The zero-order valence-corrected chi connectivity index (χ0v) is 20.6. The molecule has 0 radical (unpaired) electrons. The quantitative estimate of drug-likeness (QED) is 0.214. The van der Waals surface area contributed by atoms with Crippen LogP contribution in [0.25, 0.3) is 0 Å². The molecule has 0 bridgehead atoms. The number of hydrogen-bond donors (Lipinski definition) is 0. The molecule has 4 heteroatoms. The average Bonchev–Trinajstić information content (AvgIpc) is 3.25. The second-order valence-electron chi connectivity index (χ2n) is 9.42. The van der Waals surface area contributed by atoms with Gasteiger partial charge >= 0.3 is 5.97 Å². The zero-order valence-electron chi connectivity index (χ0n) is 20.6. The summed E-state index contributed by atoms with van der Waals surface area (Å²) in [5.41, 5.74) is 0. The lowest BCUT2D eigenvalue weighted by molar-refractivity contribution is -0.203. The van der Waals surface area contributed by atoms with Gasteiger partial charge in [0.05, 0.1) is 7.11 Å². The van der Waals surface area contributed by atoms with Crippen LogP contribution in [0.4, 0.5) is 0 Å². The first kappa shape index (κ1) is 26.8. The molecule has 0 aromatic heterocycles. The molecule has 32 heavy (non-hydrogen) atoms. The smallest absolute Gasteiger partial charge is 0.335 e. The highest BCUT2D eigenvalue weighted by atomic mass is 16.7. The molecule has 0 spiro atoms. The van der Waals surface area contributed by atoms with Gasteiger partial charge in [0.1, 0.15) is 0 Å². The van der Waals surface area contributed by atoms with Crippen LogP contribution in [0.5, 0.6) is 0 Å². The molecule has 0 aromatic carbocycles. The predicted octanol–water partition coefficient (Wildman–Crippen LogP) is 6.27. The van der Waals surface area contributed by atoms with Crippen molar-refractivity contribution in [1.82, 2.24) is 0 Å². The van der Waals surface area contributed by atoms with Crippen LogP contribution in [0.3, 0.4) is 0 Å². The molecule has 2 rings (SSSR count). The van der Waals surface area contributed by atoms with Crippen molar-refractivity contribution in [1.29, 1.82) is 0 Å². The van der Waals surface area contributed by atoms with Crippen molar-refractivity contribution in [3.05, 3.63) is 0 Å². The summed E-state index contributed by atoms with van der Waals surface area (Å²) in [6.45, 7) is 5.06. The summed E-state index contributed by atoms with van der Waals surface area (Å²) in [5, 5.41) is 0. The fourth-order valence-corrected chi connectivity index (χ4v) is 4.67. The van der Waals surface area contributed by atoms with E-state index in [9.17, 15) is 4.79 Å². The Bertz CT molecular complexity index is 644. The minimum absolute atomic E-state index is 0.257. The highest BCUT2D eigenvalue weighted by Crippen LogP contribution is 2.35. The summed E-state index contributed by atoms with van der Waals surface area (Å²) in [6.07, 6.45) is 14.2. The van der Waals surface area contributed by atoms with Gasteiger partial charge in [-0.1, -0.05) is 45.5 Å². The Hall–Kier alpha value is -1.49. The van der Waals surface area contributed by atoms with E-state index in [1.807, 2.05) is 0 Å². The molecule has 3 unspecified atom stereocenters. The first-order valence-electron chi connectivity index (χ1n) is 12.9. The van der Waals surface area contributed by atoms with Crippen LogP contribution in [-0.2, 0) is 19.0 Å². The van der Waals surface area contributed by atoms with Gasteiger partial charge in [-0.15, -0.1) is 17.8 Å². The van der Waals surface area contributed by atoms with Crippen LogP contribution >= 0.6 is 0 Å². The SMILES string of the molecule is CCC#CCC(C)CC#C[C@H]1CCC[C@@H]1CCCCCC(OC1CCCCO1)C(=O)OC. The Morgan fingerprint density at radius 1 is 1.03 bits per heavy atom. The normalized spacial score (nSPS) is 24.5. The van der Waals surface area contributed by atoms with Gasteiger partial charge in [-0.2, -0.15) is 0 Å². The van der Waals surface area contributed by atoms with Crippen molar-refractivity contribution >= 4 is 5.97 Å². The molecular formula is C28H44O4. The van der Waals surface area contributed by atoms with E-state index in [1.165, 1.54) is 39.2 Å². The van der Waals surface area contributed by atoms with Gasteiger partial charge in [0.2, 0.25) is 0 Å². The standard InChI is InChI=1S/C28H44O4/c1-4-5-7-14-23(2)15-12-17-25-19-13-18-24(25)16-8-6-9-20-26(28(29)30-3)32-27-21-10-11-22-31-27/h23-27H,4,6,8-11,13-16,18-22H2,1-3H3/t23?,24-,25-,26?,27?/m0/s1. The van der Waals surface area contributed by atoms with Gasteiger partial charge in [0, 0.05) is 31.8 Å². The molecule has 180 valence electrons. The van der Waals surface area contributed by atoms with Gasteiger partial charge in [-0.25, -0.2) is 4.79 Å². The number of unbranched alkanes of at least 4 members (excludes halogenated alkanes) is 2. The third-order valence-corrected chi connectivity index (χ3v) is 6.61. The van der Waals surface area contributed by atoms with Crippen molar-refractivity contribution < 1.29 is 19.0 Å². The summed E-state index contributed by atoms with van der Waals surface area (Å²) in [7, 11) is 1.43. The van der Waals surface area contributed by atoms with Crippen LogP contribution < -0.4 is 0 Å². The molecule has 5 atom stereocenters. The first-order chi connectivity index (χ1) is 15.6. The van der Waals surface area contributed by atoms with Gasteiger partial charge < -0.3 is 14.2 Å². The largest absolute Gasteiger partial charge is 0.467 e. The van der Waals surface area contributed by atoms with Crippen LogP contribution in [0.1, 0.15) is 104 Å². The number of carbonyl (C=O) groups is 1. The molecular weight excluding hydrogens is 400 g/mol. The average molecular weight is 445 g/mol. The van der Waals surface area contributed by atoms with Gasteiger partial charge in [-0.3, -0.25) is 0 Å². The van der Waals surface area contributed by atoms with E-state index in [4.69, 9.17) is 14.2 Å². The highest BCUT2D eigenvalue weighted by Gasteiger charge is 2.27. The topological polar surface area (TPSA) is 44.8 Å². The van der Waals surface area contributed by atoms with Gasteiger partial charge in [0.25, 0.3) is 0 Å². The van der Waals surface area contributed by atoms with Crippen LogP contribution in [0, 0.1) is 41.4 Å². The Morgan fingerprint density at radius 3 is 2.62 bits per heavy atom. The summed E-state index contributed by atoms with van der Waals surface area (Å²) in [5.74, 6) is 15.0. The molecule has 2 fully saturated rings. The number of methoxy groups -OCH3 is 1. The number of rotatable bonds is 11. The zero-order chi connectivity index (χ0) is 23.0. The highest BCUT2D eigenvalue weighted by molar-refractivity contribution is 5.74. The van der Waals surface area contributed by atoms with Crippen molar-refractivity contribution in [2.75, 3.05) is 13.7 Å². The van der Waals surface area contributed by atoms with Crippen molar-refractivity contribution in [2.24, 2.45) is 17.8 Å². The first-order valence-corrected chi connectivity index (χ1v) is 12.9. The lowest BCUT2D eigenvalue weighted by atomic mass is 9.90. The maximum Gasteiger partial charge on any atom is 0.335 e. The fourth-order valence-electron chi connectivity index (χ4n) is 4.67. The van der Waals surface area contributed by atoms with Crippen molar-refractivity contribution in [3.8, 4) is 23.7 Å². The lowest BCUT2D eigenvalue weighted by Gasteiger charge is -2.26. The Morgan fingerprint density at radius 2 is 1.88 bits per heavy atom. The molecule has 1 aliphatic heterocycles. The molecule has 0 aromatic rings. The van der Waals surface area contributed by atoms with E-state index in [0.717, 1.165) is 63.9 Å². The molecule has 1 saturated heterocycles. The van der Waals surface area contributed by atoms with E-state index < -0.39 is 6.10 Å². The second-order valence-corrected chi connectivity index (χ2v) is 9.42. The van der Waals surface area contributed by atoms with Gasteiger partial charge in [0.15, 0.2) is 12.4 Å². The molecule has 1 aliphatic carbocycles. The van der Waals surface area contributed by atoms with Crippen LogP contribution in [0.15, 0.2) is 0 Å². The van der Waals surface area contributed by atoms with Gasteiger partial charge in [-0.05, 0) is 56.8 Å². The fraction of sp³-hybridized carbons (Fsp3) is 0.821.